The predicted molar refractivity (Wildman–Crippen MR) is 61.8 cm³/mol. The zero-order chi connectivity index (χ0) is 13.9. The summed E-state index contributed by atoms with van der Waals surface area (Å²) in [5, 5.41) is 14.8. The lowest BCUT2D eigenvalue weighted by Gasteiger charge is -2.20. The highest BCUT2D eigenvalue weighted by molar-refractivity contribution is 5.90. The van der Waals surface area contributed by atoms with Gasteiger partial charge in [-0.05, 0) is 6.92 Å². The Labute approximate surface area is 104 Å². The van der Waals surface area contributed by atoms with E-state index in [9.17, 15) is 9.59 Å². The SMILES string of the molecule is C[C@H](NC(=O)C(C)(C)C)c1cc(C(=O)NO)on1. The van der Waals surface area contributed by atoms with Crippen LogP contribution in [-0.2, 0) is 4.79 Å². The van der Waals surface area contributed by atoms with Crippen molar-refractivity contribution < 1.29 is 19.3 Å². The first-order valence-corrected chi connectivity index (χ1v) is 5.47. The van der Waals surface area contributed by atoms with Crippen LogP contribution in [0.2, 0.25) is 0 Å². The number of carbonyl (C=O) groups excluding carboxylic acids is 2. The van der Waals surface area contributed by atoms with Crippen molar-refractivity contribution >= 4 is 11.8 Å². The number of amides is 2. The van der Waals surface area contributed by atoms with Gasteiger partial charge in [-0.1, -0.05) is 25.9 Å². The number of nitrogens with one attached hydrogen (secondary N) is 2. The van der Waals surface area contributed by atoms with Gasteiger partial charge in [0.05, 0.1) is 6.04 Å². The largest absolute Gasteiger partial charge is 0.351 e. The molecule has 0 bridgehead atoms. The summed E-state index contributed by atoms with van der Waals surface area (Å²) in [5.74, 6) is -1.04. The predicted octanol–water partition coefficient (Wildman–Crippen LogP) is 1.02. The maximum absolute atomic E-state index is 11.8. The smallest absolute Gasteiger partial charge is 0.313 e. The third-order valence-electron chi connectivity index (χ3n) is 2.33. The highest BCUT2D eigenvalue weighted by Crippen LogP contribution is 2.17. The first-order chi connectivity index (χ1) is 8.25. The molecule has 0 spiro atoms. The minimum Gasteiger partial charge on any atom is -0.351 e. The first kappa shape index (κ1) is 14.2. The van der Waals surface area contributed by atoms with Gasteiger partial charge in [-0.2, -0.15) is 0 Å². The number of carbonyl (C=O) groups is 2. The molecule has 1 aromatic rings. The van der Waals surface area contributed by atoms with Gasteiger partial charge in [0.15, 0.2) is 0 Å². The molecule has 0 radical (unpaired) electrons. The molecule has 0 aromatic carbocycles. The average molecular weight is 255 g/mol. The first-order valence-electron chi connectivity index (χ1n) is 5.47. The highest BCUT2D eigenvalue weighted by Gasteiger charge is 2.24. The maximum Gasteiger partial charge on any atom is 0.313 e. The van der Waals surface area contributed by atoms with Gasteiger partial charge in [-0.15, -0.1) is 0 Å². The Balaban J connectivity index is 2.73. The molecule has 0 aliphatic rings. The second-order valence-electron chi connectivity index (χ2n) is 5.00. The minimum absolute atomic E-state index is 0.121. The van der Waals surface area contributed by atoms with Gasteiger partial charge < -0.3 is 9.84 Å². The van der Waals surface area contributed by atoms with E-state index < -0.39 is 11.3 Å². The van der Waals surface area contributed by atoms with Gasteiger partial charge in [0, 0.05) is 11.5 Å². The summed E-state index contributed by atoms with van der Waals surface area (Å²) in [4.78, 5) is 22.8. The Kier molecular flexibility index (Phi) is 4.07. The van der Waals surface area contributed by atoms with Crippen molar-refractivity contribution in [2.75, 3.05) is 0 Å². The summed E-state index contributed by atoms with van der Waals surface area (Å²) in [6.07, 6.45) is 0. The van der Waals surface area contributed by atoms with Gasteiger partial charge in [0.25, 0.3) is 0 Å². The van der Waals surface area contributed by atoms with Crippen LogP contribution in [0.25, 0.3) is 0 Å². The van der Waals surface area contributed by atoms with Crippen LogP contribution in [0, 0.1) is 5.41 Å². The van der Waals surface area contributed by atoms with E-state index in [1.165, 1.54) is 11.5 Å². The van der Waals surface area contributed by atoms with Crippen LogP contribution < -0.4 is 10.8 Å². The normalized spacial score (nSPS) is 12.9. The summed E-state index contributed by atoms with van der Waals surface area (Å²) in [6.45, 7) is 7.11. The average Bonchev–Trinajstić information content (AvgIpc) is 2.75. The van der Waals surface area contributed by atoms with Crippen LogP contribution in [0.15, 0.2) is 10.6 Å². The molecular weight excluding hydrogens is 238 g/mol. The van der Waals surface area contributed by atoms with Crippen LogP contribution >= 0.6 is 0 Å². The third kappa shape index (κ3) is 3.30. The van der Waals surface area contributed by atoms with Crippen LogP contribution in [0.5, 0.6) is 0 Å². The summed E-state index contributed by atoms with van der Waals surface area (Å²) in [5.41, 5.74) is 1.34. The zero-order valence-corrected chi connectivity index (χ0v) is 10.8. The minimum atomic E-state index is -0.789. The molecule has 0 unspecified atom stereocenters. The molecule has 1 atom stereocenters. The molecule has 0 saturated heterocycles. The van der Waals surface area contributed by atoms with E-state index in [2.05, 4.69) is 10.5 Å². The quantitative estimate of drug-likeness (QED) is 0.552. The fourth-order valence-corrected chi connectivity index (χ4v) is 1.14. The molecule has 0 fully saturated rings. The molecule has 0 saturated carbocycles. The van der Waals surface area contributed by atoms with E-state index in [1.54, 1.807) is 27.7 Å². The van der Waals surface area contributed by atoms with E-state index in [-0.39, 0.29) is 17.7 Å². The van der Waals surface area contributed by atoms with Crippen molar-refractivity contribution in [2.45, 2.75) is 33.7 Å². The van der Waals surface area contributed by atoms with Crippen molar-refractivity contribution in [1.29, 1.82) is 0 Å². The molecule has 1 rings (SSSR count). The number of rotatable bonds is 3. The highest BCUT2D eigenvalue weighted by atomic mass is 16.5. The second kappa shape index (κ2) is 5.18. The second-order valence-corrected chi connectivity index (χ2v) is 5.00. The van der Waals surface area contributed by atoms with Gasteiger partial charge >= 0.3 is 5.91 Å². The van der Waals surface area contributed by atoms with Crippen LogP contribution in [0.4, 0.5) is 0 Å². The van der Waals surface area contributed by atoms with E-state index in [0.717, 1.165) is 0 Å². The number of aromatic nitrogens is 1. The molecule has 7 heteroatoms. The molecule has 3 N–H and O–H groups in total. The van der Waals surface area contributed by atoms with Crippen LogP contribution in [-0.4, -0.2) is 22.2 Å². The van der Waals surface area contributed by atoms with Gasteiger partial charge in [-0.25, -0.2) is 5.48 Å². The van der Waals surface area contributed by atoms with E-state index in [0.29, 0.717) is 5.69 Å². The molecule has 100 valence electrons. The van der Waals surface area contributed by atoms with Crippen LogP contribution in [0.1, 0.15) is 50.0 Å². The Hall–Kier alpha value is -1.89. The lowest BCUT2D eigenvalue weighted by atomic mass is 9.95. The molecule has 18 heavy (non-hydrogen) atoms. The van der Waals surface area contributed by atoms with Gasteiger partial charge in [0.2, 0.25) is 11.7 Å². The Bertz CT molecular complexity index is 447. The lowest BCUT2D eigenvalue weighted by molar-refractivity contribution is -0.129. The topological polar surface area (TPSA) is 104 Å². The van der Waals surface area contributed by atoms with Crippen molar-refractivity contribution in [3.8, 4) is 0 Å². The summed E-state index contributed by atoms with van der Waals surface area (Å²) in [7, 11) is 0. The number of nitrogens with zero attached hydrogens (tertiary/aromatic N) is 1. The molecule has 0 aliphatic heterocycles. The molecule has 2 amide bonds. The molecule has 1 heterocycles. The van der Waals surface area contributed by atoms with Crippen molar-refractivity contribution in [3.63, 3.8) is 0 Å². The summed E-state index contributed by atoms with van der Waals surface area (Å²) >= 11 is 0. The lowest BCUT2D eigenvalue weighted by Crippen LogP contribution is -2.36. The van der Waals surface area contributed by atoms with E-state index >= 15 is 0 Å². The maximum atomic E-state index is 11.8. The third-order valence-corrected chi connectivity index (χ3v) is 2.33. The van der Waals surface area contributed by atoms with Crippen molar-refractivity contribution in [3.05, 3.63) is 17.5 Å². The van der Waals surface area contributed by atoms with Crippen LogP contribution in [0.3, 0.4) is 0 Å². The van der Waals surface area contributed by atoms with E-state index in [4.69, 9.17) is 9.73 Å². The molecule has 7 nitrogen and oxygen atoms in total. The number of hydrogen-bond donors (Lipinski definition) is 3. The monoisotopic (exact) mass is 255 g/mol. The molecular formula is C11H17N3O4. The zero-order valence-electron chi connectivity index (χ0n) is 10.8. The fraction of sp³-hybridized carbons (Fsp3) is 0.545. The van der Waals surface area contributed by atoms with Gasteiger partial charge in [-0.3, -0.25) is 14.8 Å². The molecule has 1 aromatic heterocycles. The Morgan fingerprint density at radius 1 is 1.44 bits per heavy atom. The van der Waals surface area contributed by atoms with Crippen molar-refractivity contribution in [1.82, 2.24) is 16.0 Å². The Morgan fingerprint density at radius 2 is 2.06 bits per heavy atom. The molecule has 0 aliphatic carbocycles. The standard InChI is InChI=1S/C11H17N3O4/c1-6(12-10(16)11(2,3)4)7-5-8(18-14-7)9(15)13-17/h5-6,17H,1-4H3,(H,12,16)(H,13,15)/t6-/m0/s1. The summed E-state index contributed by atoms with van der Waals surface area (Å²) < 4.78 is 4.73. The number of hydrogen-bond acceptors (Lipinski definition) is 5. The number of hydroxylamine groups is 1. The van der Waals surface area contributed by atoms with Crippen molar-refractivity contribution in [2.24, 2.45) is 5.41 Å². The van der Waals surface area contributed by atoms with Gasteiger partial charge in [0.1, 0.15) is 5.69 Å². The fourth-order valence-electron chi connectivity index (χ4n) is 1.14. The van der Waals surface area contributed by atoms with E-state index in [1.807, 2.05) is 0 Å². The Morgan fingerprint density at radius 3 is 2.56 bits per heavy atom. The summed E-state index contributed by atoms with van der Waals surface area (Å²) in [6, 6.07) is 0.972.